The van der Waals surface area contributed by atoms with E-state index in [0.717, 1.165) is 95.6 Å². The molecular formula is C32H31F3N6O3S. The first-order valence-electron chi connectivity index (χ1n) is 15.1. The number of aromatic nitrogens is 3. The van der Waals surface area contributed by atoms with Crippen molar-refractivity contribution in [1.29, 1.82) is 5.26 Å². The van der Waals surface area contributed by atoms with Gasteiger partial charge in [0.05, 0.1) is 34.5 Å². The molecule has 1 saturated carbocycles. The highest BCUT2D eigenvalue weighted by molar-refractivity contribution is 7.19. The zero-order valence-corrected chi connectivity index (χ0v) is 25.2. The fourth-order valence-corrected chi connectivity index (χ4v) is 8.21. The van der Waals surface area contributed by atoms with E-state index in [4.69, 9.17) is 0 Å². The molecule has 0 bridgehead atoms. The molecule has 13 heteroatoms. The summed E-state index contributed by atoms with van der Waals surface area (Å²) in [5, 5.41) is 20.2. The first-order valence-corrected chi connectivity index (χ1v) is 15.9. The number of aliphatic hydroxyl groups excluding tert-OH is 1. The smallest absolute Gasteiger partial charge is 0.391 e. The average Bonchev–Trinajstić information content (AvgIpc) is 3.65. The lowest BCUT2D eigenvalue weighted by Gasteiger charge is -2.41. The zero-order chi connectivity index (χ0) is 31.5. The number of hydrogen-bond donors (Lipinski definition) is 1. The van der Waals surface area contributed by atoms with Crippen LogP contribution in [-0.4, -0.2) is 68.1 Å². The van der Waals surface area contributed by atoms with Crippen LogP contribution in [0.4, 0.5) is 18.9 Å². The number of benzene rings is 1. The standard InChI is InChI=1S/C32H31F3N6O3S/c33-32(34,35)18-39-11-7-28(43)41(31(39)44)17-22-14-25-30(45-22)23(5-8-37-25)24-13-19(15-36)12-20-2-1-9-40(29(20)24)21-6-10-38(16-21)26-3-4-27(26)42/h5,7-8,11-14,21,26-27,42H,1-4,6,9-10,16-18H2/t21?,26-,27-/m1/s1. The molecule has 0 spiro atoms. The summed E-state index contributed by atoms with van der Waals surface area (Å²) < 4.78 is 41.2. The lowest BCUT2D eigenvalue weighted by molar-refractivity contribution is -0.141. The van der Waals surface area contributed by atoms with Gasteiger partial charge in [0.1, 0.15) is 6.54 Å². The van der Waals surface area contributed by atoms with E-state index in [1.165, 1.54) is 11.3 Å². The third-order valence-electron chi connectivity index (χ3n) is 9.31. The van der Waals surface area contributed by atoms with Crippen LogP contribution in [0.25, 0.3) is 21.3 Å². The number of nitrogens with zero attached hydrogens (tertiary/aromatic N) is 6. The van der Waals surface area contributed by atoms with Crippen molar-refractivity contribution in [3.8, 4) is 17.2 Å². The van der Waals surface area contributed by atoms with Crippen LogP contribution in [0.2, 0.25) is 0 Å². The number of nitriles is 1. The van der Waals surface area contributed by atoms with Crippen LogP contribution in [0.5, 0.6) is 0 Å². The van der Waals surface area contributed by atoms with E-state index in [9.17, 15) is 33.1 Å². The maximum absolute atomic E-state index is 13.0. The second-order valence-electron chi connectivity index (χ2n) is 12.1. The number of alkyl halides is 3. The molecule has 1 saturated heterocycles. The van der Waals surface area contributed by atoms with Gasteiger partial charge < -0.3 is 10.0 Å². The molecule has 7 rings (SSSR count). The Labute approximate surface area is 260 Å². The number of thiophene rings is 1. The summed E-state index contributed by atoms with van der Waals surface area (Å²) in [6, 6.07) is 11.3. The molecule has 45 heavy (non-hydrogen) atoms. The fourth-order valence-electron chi connectivity index (χ4n) is 7.07. The van der Waals surface area contributed by atoms with Crippen LogP contribution >= 0.6 is 11.3 Å². The van der Waals surface area contributed by atoms with E-state index in [1.807, 2.05) is 18.2 Å². The van der Waals surface area contributed by atoms with E-state index < -0.39 is 24.0 Å². The second-order valence-corrected chi connectivity index (χ2v) is 13.3. The van der Waals surface area contributed by atoms with Gasteiger partial charge in [0.15, 0.2) is 0 Å². The molecule has 3 aromatic heterocycles. The molecule has 234 valence electrons. The number of fused-ring (bicyclic) bond motifs is 2. The summed E-state index contributed by atoms with van der Waals surface area (Å²) >= 11 is 1.33. The number of rotatable bonds is 6. The lowest BCUT2D eigenvalue weighted by Crippen LogP contribution is -2.51. The summed E-state index contributed by atoms with van der Waals surface area (Å²) in [7, 11) is 0. The Kier molecular flexibility index (Phi) is 7.54. The predicted molar refractivity (Wildman–Crippen MR) is 165 cm³/mol. The fraction of sp³-hybridized carbons (Fsp3) is 0.438. The summed E-state index contributed by atoms with van der Waals surface area (Å²) in [6.45, 7) is 1.00. The Morgan fingerprint density at radius 3 is 2.67 bits per heavy atom. The van der Waals surface area contributed by atoms with E-state index in [-0.39, 0.29) is 24.7 Å². The van der Waals surface area contributed by atoms with Crippen LogP contribution in [-0.2, 0) is 19.5 Å². The molecule has 2 aliphatic heterocycles. The Hall–Kier alpha value is -3.99. The van der Waals surface area contributed by atoms with Gasteiger partial charge in [-0.25, -0.2) is 4.79 Å². The quantitative estimate of drug-likeness (QED) is 0.340. The number of hydrogen-bond acceptors (Lipinski definition) is 8. The SMILES string of the molecule is N#Cc1cc2c(c(-c3ccnc4cc(Cn5c(=O)ccn(CC(F)(F)F)c5=O)sc34)c1)N(C1CCN([C@@H]3CC[C@H]3O)C1)CCC2. The maximum atomic E-state index is 13.0. The molecule has 4 aromatic rings. The van der Waals surface area contributed by atoms with Crippen molar-refractivity contribution in [2.75, 3.05) is 24.5 Å². The molecule has 9 nitrogen and oxygen atoms in total. The highest BCUT2D eigenvalue weighted by Gasteiger charge is 2.40. The predicted octanol–water partition coefficient (Wildman–Crippen LogP) is 4.12. The molecule has 1 aliphatic carbocycles. The van der Waals surface area contributed by atoms with Crippen molar-refractivity contribution in [3.05, 3.63) is 79.6 Å². The van der Waals surface area contributed by atoms with Crippen molar-refractivity contribution >= 4 is 27.2 Å². The van der Waals surface area contributed by atoms with Crippen LogP contribution in [0.15, 0.2) is 52.3 Å². The maximum Gasteiger partial charge on any atom is 0.406 e. The summed E-state index contributed by atoms with van der Waals surface area (Å²) in [5.74, 6) is 0. The van der Waals surface area contributed by atoms with Crippen LogP contribution in [0.1, 0.15) is 41.7 Å². The average molecular weight is 637 g/mol. The minimum Gasteiger partial charge on any atom is -0.391 e. The van der Waals surface area contributed by atoms with Crippen LogP contribution in [0.3, 0.4) is 0 Å². The first kappa shape index (κ1) is 29.7. The van der Waals surface area contributed by atoms with Gasteiger partial charge in [-0.15, -0.1) is 11.3 Å². The number of aryl methyl sites for hydroxylation is 1. The summed E-state index contributed by atoms with van der Waals surface area (Å²) in [4.78, 5) is 35.4. The third kappa shape index (κ3) is 5.55. The van der Waals surface area contributed by atoms with E-state index in [2.05, 4.69) is 20.9 Å². The van der Waals surface area contributed by atoms with Gasteiger partial charge in [-0.2, -0.15) is 18.4 Å². The Morgan fingerprint density at radius 2 is 1.93 bits per heavy atom. The molecule has 1 N–H and O–H groups in total. The molecule has 0 amide bonds. The molecule has 2 fully saturated rings. The van der Waals surface area contributed by atoms with Crippen molar-refractivity contribution in [2.45, 2.75) is 69.6 Å². The monoisotopic (exact) mass is 636 g/mol. The summed E-state index contributed by atoms with van der Waals surface area (Å²) in [5.41, 5.74) is 3.47. The van der Waals surface area contributed by atoms with Gasteiger partial charge in [0.2, 0.25) is 0 Å². The second kappa shape index (κ2) is 11.4. The normalized spacial score (nSPS) is 21.9. The van der Waals surface area contributed by atoms with Gasteiger partial charge in [-0.05, 0) is 61.9 Å². The van der Waals surface area contributed by atoms with Gasteiger partial charge in [-0.1, -0.05) is 0 Å². The van der Waals surface area contributed by atoms with Gasteiger partial charge >= 0.3 is 11.9 Å². The minimum atomic E-state index is -4.61. The van der Waals surface area contributed by atoms with E-state index in [0.29, 0.717) is 20.5 Å². The largest absolute Gasteiger partial charge is 0.406 e. The number of halogens is 3. The van der Waals surface area contributed by atoms with Gasteiger partial charge in [-0.3, -0.25) is 23.8 Å². The number of aliphatic hydroxyl groups is 1. The Bertz CT molecular complexity index is 1940. The van der Waals surface area contributed by atoms with E-state index in [1.54, 1.807) is 12.3 Å². The van der Waals surface area contributed by atoms with Crippen LogP contribution in [0, 0.1) is 11.3 Å². The highest BCUT2D eigenvalue weighted by atomic mass is 32.1. The van der Waals surface area contributed by atoms with Crippen molar-refractivity contribution < 1.29 is 18.3 Å². The molecule has 1 aromatic carbocycles. The summed E-state index contributed by atoms with van der Waals surface area (Å²) in [6.07, 6.45) is 2.35. The first-order chi connectivity index (χ1) is 21.6. The zero-order valence-electron chi connectivity index (χ0n) is 24.3. The lowest BCUT2D eigenvalue weighted by atomic mass is 9.88. The van der Waals surface area contributed by atoms with Crippen molar-refractivity contribution in [2.24, 2.45) is 0 Å². The number of likely N-dealkylation sites (tertiary alicyclic amines) is 1. The molecule has 3 aliphatic rings. The Morgan fingerprint density at radius 1 is 1.09 bits per heavy atom. The number of pyridine rings is 1. The van der Waals surface area contributed by atoms with Gasteiger partial charge in [0.25, 0.3) is 5.56 Å². The number of anilines is 1. The van der Waals surface area contributed by atoms with E-state index >= 15 is 0 Å². The Balaban J connectivity index is 1.28. The van der Waals surface area contributed by atoms with Gasteiger partial charge in [0, 0.05) is 71.9 Å². The molecule has 0 radical (unpaired) electrons. The minimum absolute atomic E-state index is 0.190. The highest BCUT2D eigenvalue weighted by Crippen LogP contribution is 2.44. The van der Waals surface area contributed by atoms with Crippen LogP contribution < -0.4 is 16.1 Å². The molecular weight excluding hydrogens is 605 g/mol. The third-order valence-corrected chi connectivity index (χ3v) is 10.5. The molecule has 1 unspecified atom stereocenters. The van der Waals surface area contributed by atoms with Crippen molar-refractivity contribution in [3.63, 3.8) is 0 Å². The molecule has 3 atom stereocenters. The topological polar surface area (TPSA) is 107 Å². The van der Waals surface area contributed by atoms with Crippen molar-refractivity contribution in [1.82, 2.24) is 19.0 Å². The molecule has 5 heterocycles.